The molecule has 1 aromatic carbocycles. The normalized spacial score (nSPS) is 14.5. The van der Waals surface area contributed by atoms with Crippen LogP contribution in [0, 0.1) is 34.0 Å². The maximum atomic E-state index is 12.7. The molecule has 1 saturated carbocycles. The molecular weight excluding hydrogens is 326 g/mol. The van der Waals surface area contributed by atoms with Crippen LogP contribution in [0.5, 0.6) is 0 Å². The van der Waals surface area contributed by atoms with Crippen molar-refractivity contribution in [3.8, 4) is 18.2 Å². The average molecular weight is 347 g/mol. The molecule has 0 bridgehead atoms. The van der Waals surface area contributed by atoms with E-state index in [2.05, 4.69) is 10.6 Å². The third-order valence-corrected chi connectivity index (χ3v) is 4.46. The molecule has 0 spiro atoms. The second kappa shape index (κ2) is 9.87. The summed E-state index contributed by atoms with van der Waals surface area (Å²) < 4.78 is 0. The minimum atomic E-state index is -0.317. The molecule has 6 nitrogen and oxygen atoms in total. The Morgan fingerprint density at radius 2 is 1.54 bits per heavy atom. The summed E-state index contributed by atoms with van der Waals surface area (Å²) >= 11 is 0. The molecule has 26 heavy (non-hydrogen) atoms. The fourth-order valence-corrected chi connectivity index (χ4v) is 3.07. The highest BCUT2D eigenvalue weighted by Gasteiger charge is 2.18. The fourth-order valence-electron chi connectivity index (χ4n) is 3.07. The van der Waals surface area contributed by atoms with Crippen molar-refractivity contribution in [3.63, 3.8) is 0 Å². The number of amides is 1. The van der Waals surface area contributed by atoms with E-state index < -0.39 is 0 Å². The summed E-state index contributed by atoms with van der Waals surface area (Å²) in [4.78, 5) is 12.7. The third kappa shape index (κ3) is 5.10. The lowest BCUT2D eigenvalue weighted by Crippen LogP contribution is -2.35. The van der Waals surface area contributed by atoms with E-state index in [4.69, 9.17) is 10.5 Å². The van der Waals surface area contributed by atoms with E-state index >= 15 is 0 Å². The van der Waals surface area contributed by atoms with Gasteiger partial charge in [-0.1, -0.05) is 44.2 Å². The lowest BCUT2D eigenvalue weighted by Gasteiger charge is -2.21. The van der Waals surface area contributed by atoms with Crippen LogP contribution in [0.15, 0.2) is 35.5 Å². The Hall–Kier alpha value is -3.30. The monoisotopic (exact) mass is 347 g/mol. The summed E-state index contributed by atoms with van der Waals surface area (Å²) in [6.45, 7) is 0. The molecule has 2 rings (SSSR count). The van der Waals surface area contributed by atoms with Crippen molar-refractivity contribution in [3.05, 3.63) is 41.1 Å². The number of para-hydroxylation sites is 1. The number of benzene rings is 1. The van der Waals surface area contributed by atoms with Gasteiger partial charge < -0.3 is 10.6 Å². The van der Waals surface area contributed by atoms with Gasteiger partial charge >= 0.3 is 0 Å². The second-order valence-corrected chi connectivity index (χ2v) is 6.27. The molecule has 6 heteroatoms. The first-order valence-corrected chi connectivity index (χ1v) is 8.81. The number of allylic oxidation sites excluding steroid dienone is 2. The number of nitrogens with zero attached hydrogens (tertiary/aromatic N) is 3. The highest BCUT2D eigenvalue weighted by Crippen LogP contribution is 2.21. The number of rotatable bonds is 4. The smallest absolute Gasteiger partial charge is 0.253 e. The molecule has 2 N–H and O–H groups in total. The van der Waals surface area contributed by atoms with Crippen LogP contribution in [0.1, 0.15) is 55.3 Å². The van der Waals surface area contributed by atoms with E-state index in [-0.39, 0.29) is 23.2 Å². The number of carbonyl (C=O) groups excluding carboxylic acids is 1. The minimum Gasteiger partial charge on any atom is -0.349 e. The standard InChI is InChI=1S/C20H21N5O/c21-12-15(13-22)19(14-23)25-18-11-7-6-10-17(18)20(26)24-16-8-4-2-1-3-5-9-16/h6-7,10-11,16,25H,1-5,8-9H2,(H,24,26). The molecule has 0 aromatic heterocycles. The fraction of sp³-hybridized carbons (Fsp3) is 0.400. The van der Waals surface area contributed by atoms with Crippen molar-refractivity contribution in [1.82, 2.24) is 5.32 Å². The zero-order valence-corrected chi connectivity index (χ0v) is 14.6. The molecule has 1 aliphatic rings. The van der Waals surface area contributed by atoms with Crippen molar-refractivity contribution in [1.29, 1.82) is 15.8 Å². The lowest BCUT2D eigenvalue weighted by atomic mass is 9.96. The van der Waals surface area contributed by atoms with E-state index in [0.29, 0.717) is 11.3 Å². The largest absolute Gasteiger partial charge is 0.349 e. The Morgan fingerprint density at radius 3 is 2.15 bits per heavy atom. The van der Waals surface area contributed by atoms with E-state index in [9.17, 15) is 10.1 Å². The van der Waals surface area contributed by atoms with Crippen molar-refractivity contribution in [2.24, 2.45) is 0 Å². The Balaban J connectivity index is 2.19. The van der Waals surface area contributed by atoms with Crippen LogP contribution in [-0.2, 0) is 0 Å². The summed E-state index contributed by atoms with van der Waals surface area (Å²) in [5, 5.41) is 32.9. The Labute approximate surface area is 153 Å². The van der Waals surface area contributed by atoms with E-state index in [1.807, 2.05) is 6.07 Å². The maximum Gasteiger partial charge on any atom is 0.253 e. The second-order valence-electron chi connectivity index (χ2n) is 6.27. The zero-order chi connectivity index (χ0) is 18.8. The van der Waals surface area contributed by atoms with Gasteiger partial charge in [0.25, 0.3) is 5.91 Å². The van der Waals surface area contributed by atoms with Crippen molar-refractivity contribution < 1.29 is 4.79 Å². The topological polar surface area (TPSA) is 112 Å². The SMILES string of the molecule is N#CC(C#N)=C(C#N)Nc1ccccc1C(=O)NC1CCCCCCC1. The van der Waals surface area contributed by atoms with Crippen molar-refractivity contribution in [2.45, 2.75) is 51.0 Å². The predicted octanol–water partition coefficient (Wildman–Crippen LogP) is 3.77. The molecule has 1 aliphatic carbocycles. The van der Waals surface area contributed by atoms with Gasteiger partial charge in [-0.3, -0.25) is 4.79 Å². The molecule has 1 fully saturated rings. The number of hydrogen-bond donors (Lipinski definition) is 2. The first kappa shape index (κ1) is 19.0. The van der Waals surface area contributed by atoms with Crippen LogP contribution in [0.4, 0.5) is 5.69 Å². The van der Waals surface area contributed by atoms with Crippen LogP contribution in [0.2, 0.25) is 0 Å². The molecule has 0 saturated heterocycles. The van der Waals surface area contributed by atoms with Crippen LogP contribution in [-0.4, -0.2) is 11.9 Å². The molecule has 0 unspecified atom stereocenters. The molecule has 1 aromatic rings. The highest BCUT2D eigenvalue weighted by atomic mass is 16.1. The van der Waals surface area contributed by atoms with Gasteiger partial charge in [0.1, 0.15) is 23.9 Å². The molecule has 1 amide bonds. The minimum absolute atomic E-state index is 0.149. The lowest BCUT2D eigenvalue weighted by molar-refractivity contribution is 0.0931. The maximum absolute atomic E-state index is 12.7. The van der Waals surface area contributed by atoms with E-state index in [0.717, 1.165) is 25.7 Å². The van der Waals surface area contributed by atoms with Crippen molar-refractivity contribution in [2.75, 3.05) is 5.32 Å². The van der Waals surface area contributed by atoms with Gasteiger partial charge in [-0.15, -0.1) is 0 Å². The summed E-state index contributed by atoms with van der Waals surface area (Å²) in [6, 6.07) is 12.1. The van der Waals surface area contributed by atoms with Crippen molar-refractivity contribution >= 4 is 11.6 Å². The summed E-state index contributed by atoms with van der Waals surface area (Å²) in [6.07, 6.45) is 7.82. The van der Waals surface area contributed by atoms with Crippen LogP contribution < -0.4 is 10.6 Å². The van der Waals surface area contributed by atoms with Gasteiger partial charge in [0, 0.05) is 6.04 Å². The quantitative estimate of drug-likeness (QED) is 0.805. The number of anilines is 1. The third-order valence-electron chi connectivity index (χ3n) is 4.46. The Kier molecular flexibility index (Phi) is 7.22. The van der Waals surface area contributed by atoms with Gasteiger partial charge in [-0.2, -0.15) is 15.8 Å². The molecule has 0 radical (unpaired) electrons. The van der Waals surface area contributed by atoms with Crippen LogP contribution in [0.25, 0.3) is 0 Å². The summed E-state index contributed by atoms with van der Waals surface area (Å²) in [7, 11) is 0. The van der Waals surface area contributed by atoms with Gasteiger partial charge in [0.05, 0.1) is 11.3 Å². The number of nitriles is 3. The van der Waals surface area contributed by atoms with Crippen LogP contribution >= 0.6 is 0 Å². The van der Waals surface area contributed by atoms with E-state index in [1.165, 1.54) is 19.3 Å². The Morgan fingerprint density at radius 1 is 0.923 bits per heavy atom. The van der Waals surface area contributed by atoms with Gasteiger partial charge in [-0.25, -0.2) is 0 Å². The van der Waals surface area contributed by atoms with Gasteiger partial charge in [0.15, 0.2) is 5.57 Å². The highest BCUT2D eigenvalue weighted by molar-refractivity contribution is 6.00. The molecule has 0 aliphatic heterocycles. The van der Waals surface area contributed by atoms with Crippen LogP contribution in [0.3, 0.4) is 0 Å². The predicted molar refractivity (Wildman–Crippen MR) is 97.5 cm³/mol. The molecule has 132 valence electrons. The number of carbonyl (C=O) groups is 1. The Bertz CT molecular complexity index is 783. The summed E-state index contributed by atoms with van der Waals surface area (Å²) in [5.74, 6) is -0.216. The number of nitrogens with one attached hydrogen (secondary N) is 2. The first-order valence-electron chi connectivity index (χ1n) is 8.81. The summed E-state index contributed by atoms with van der Waals surface area (Å²) in [5.41, 5.74) is 0.303. The van der Waals surface area contributed by atoms with E-state index in [1.54, 1.807) is 36.4 Å². The first-order chi connectivity index (χ1) is 12.7. The number of hydrogen-bond acceptors (Lipinski definition) is 5. The average Bonchev–Trinajstić information content (AvgIpc) is 2.64. The molecule has 0 heterocycles. The van der Waals surface area contributed by atoms with Gasteiger partial charge in [0.2, 0.25) is 0 Å². The zero-order valence-electron chi connectivity index (χ0n) is 14.6. The van der Waals surface area contributed by atoms with Gasteiger partial charge in [-0.05, 0) is 25.0 Å². The molecular formula is C20H21N5O. The molecule has 0 atom stereocenters.